The lowest BCUT2D eigenvalue weighted by Crippen LogP contribution is -2.52. The van der Waals surface area contributed by atoms with Crippen molar-refractivity contribution < 1.29 is 4.39 Å². The minimum atomic E-state index is -0.255. The molecule has 2 fully saturated rings. The average molecular weight is 311 g/mol. The smallest absolute Gasteiger partial charge is 0.146 e. The molecule has 4 heteroatoms. The lowest BCUT2D eigenvalue weighted by Gasteiger charge is -2.40. The van der Waals surface area contributed by atoms with Crippen LogP contribution in [0.5, 0.6) is 0 Å². The largest absolute Gasteiger partial charge is 0.310 e. The van der Waals surface area contributed by atoms with Crippen LogP contribution in [0.25, 0.3) is 0 Å². The van der Waals surface area contributed by atoms with Crippen LogP contribution in [-0.2, 0) is 6.54 Å². The number of halogens is 2. The van der Waals surface area contributed by atoms with Gasteiger partial charge in [-0.3, -0.25) is 4.90 Å². The first-order chi connectivity index (χ1) is 10.2. The first-order valence-electron chi connectivity index (χ1n) is 8.09. The van der Waals surface area contributed by atoms with Crippen LogP contribution in [0.1, 0.15) is 44.1 Å². The predicted octanol–water partition coefficient (Wildman–Crippen LogP) is 3.98. The van der Waals surface area contributed by atoms with Crippen molar-refractivity contribution in [2.45, 2.75) is 50.6 Å². The van der Waals surface area contributed by atoms with Crippen LogP contribution in [0.4, 0.5) is 4.39 Å². The van der Waals surface area contributed by atoms with Gasteiger partial charge in [-0.15, -0.1) is 0 Å². The Morgan fingerprint density at radius 3 is 2.81 bits per heavy atom. The zero-order valence-electron chi connectivity index (χ0n) is 12.5. The fraction of sp³-hybridized carbons (Fsp3) is 0.647. The highest BCUT2D eigenvalue weighted by atomic mass is 35.5. The lowest BCUT2D eigenvalue weighted by molar-refractivity contribution is 0.158. The van der Waals surface area contributed by atoms with Gasteiger partial charge in [-0.1, -0.05) is 43.0 Å². The highest BCUT2D eigenvalue weighted by Gasteiger charge is 2.34. The standard InChI is InChI=1S/C17H24ClFN2/c18-15-7-4-6-14(16(15)19)12-21-11-5-10-20-17(13-21)8-2-1-3-9-17/h4,6-7,20H,1-3,5,8-13H2. The molecule has 1 saturated heterocycles. The maximum atomic E-state index is 14.1. The van der Waals surface area contributed by atoms with Gasteiger partial charge in [-0.05, 0) is 38.4 Å². The second-order valence-corrected chi connectivity index (χ2v) is 6.95. The van der Waals surface area contributed by atoms with Gasteiger partial charge >= 0.3 is 0 Å². The van der Waals surface area contributed by atoms with Crippen LogP contribution >= 0.6 is 11.6 Å². The summed E-state index contributed by atoms with van der Waals surface area (Å²) in [7, 11) is 0. The Morgan fingerprint density at radius 1 is 1.19 bits per heavy atom. The zero-order valence-corrected chi connectivity index (χ0v) is 13.3. The van der Waals surface area contributed by atoms with Crippen LogP contribution in [0.2, 0.25) is 5.02 Å². The molecule has 2 aliphatic rings. The molecule has 1 heterocycles. The first kappa shape index (κ1) is 15.3. The van der Waals surface area contributed by atoms with Gasteiger partial charge in [0.25, 0.3) is 0 Å². The SMILES string of the molecule is Fc1c(Cl)cccc1CN1CCCNC2(CCCCC2)C1. The molecule has 1 aromatic rings. The van der Waals surface area contributed by atoms with E-state index < -0.39 is 0 Å². The van der Waals surface area contributed by atoms with Gasteiger partial charge in [0.1, 0.15) is 5.82 Å². The Morgan fingerprint density at radius 2 is 2.00 bits per heavy atom. The molecule has 1 aliphatic heterocycles. The number of hydrogen-bond acceptors (Lipinski definition) is 2. The Kier molecular flexibility index (Phi) is 4.82. The molecule has 0 bridgehead atoms. The predicted molar refractivity (Wildman–Crippen MR) is 85.1 cm³/mol. The minimum absolute atomic E-state index is 0.229. The van der Waals surface area contributed by atoms with E-state index in [-0.39, 0.29) is 16.4 Å². The maximum Gasteiger partial charge on any atom is 0.146 e. The van der Waals surface area contributed by atoms with Crippen molar-refractivity contribution in [1.29, 1.82) is 0 Å². The molecule has 116 valence electrons. The van der Waals surface area contributed by atoms with E-state index in [9.17, 15) is 4.39 Å². The molecule has 0 unspecified atom stereocenters. The molecule has 0 aromatic heterocycles. The second kappa shape index (κ2) is 6.64. The average Bonchev–Trinajstić information content (AvgIpc) is 2.67. The first-order valence-corrected chi connectivity index (χ1v) is 8.47. The zero-order chi connectivity index (χ0) is 14.7. The Labute approximate surface area is 131 Å². The Bertz CT molecular complexity index is 486. The maximum absolute atomic E-state index is 14.1. The van der Waals surface area contributed by atoms with E-state index in [1.807, 2.05) is 12.1 Å². The highest BCUT2D eigenvalue weighted by molar-refractivity contribution is 6.30. The summed E-state index contributed by atoms with van der Waals surface area (Å²) in [5, 5.41) is 4.01. The van der Waals surface area contributed by atoms with Crippen molar-refractivity contribution in [3.8, 4) is 0 Å². The van der Waals surface area contributed by atoms with Gasteiger partial charge in [-0.25, -0.2) is 4.39 Å². The van der Waals surface area contributed by atoms with Crippen molar-refractivity contribution in [1.82, 2.24) is 10.2 Å². The van der Waals surface area contributed by atoms with E-state index in [0.29, 0.717) is 6.54 Å². The number of benzene rings is 1. The van der Waals surface area contributed by atoms with Gasteiger partial charge in [0, 0.05) is 24.2 Å². The summed E-state index contributed by atoms with van der Waals surface area (Å²) in [6.07, 6.45) is 7.61. The van der Waals surface area contributed by atoms with Gasteiger partial charge in [-0.2, -0.15) is 0 Å². The fourth-order valence-electron chi connectivity index (χ4n) is 3.83. The summed E-state index contributed by atoms with van der Waals surface area (Å²) in [5.41, 5.74) is 0.972. The van der Waals surface area contributed by atoms with E-state index in [2.05, 4.69) is 10.2 Å². The van der Waals surface area contributed by atoms with Crippen LogP contribution < -0.4 is 5.32 Å². The minimum Gasteiger partial charge on any atom is -0.310 e. The van der Waals surface area contributed by atoms with Crippen LogP contribution in [0.3, 0.4) is 0 Å². The normalized spacial score (nSPS) is 23.1. The number of rotatable bonds is 2. The van der Waals surface area contributed by atoms with Gasteiger partial charge in [0.2, 0.25) is 0 Å². The Hall–Kier alpha value is -0.640. The Balaban J connectivity index is 1.73. The lowest BCUT2D eigenvalue weighted by atomic mass is 9.81. The fourth-order valence-corrected chi connectivity index (χ4v) is 4.02. The molecule has 1 aromatic carbocycles. The van der Waals surface area contributed by atoms with Crippen molar-refractivity contribution >= 4 is 11.6 Å². The molecular weight excluding hydrogens is 287 g/mol. The van der Waals surface area contributed by atoms with E-state index in [0.717, 1.165) is 31.6 Å². The molecular formula is C17H24ClFN2. The van der Waals surface area contributed by atoms with E-state index >= 15 is 0 Å². The third-order valence-electron chi connectivity index (χ3n) is 4.91. The van der Waals surface area contributed by atoms with Crippen molar-refractivity contribution in [3.63, 3.8) is 0 Å². The van der Waals surface area contributed by atoms with Gasteiger partial charge < -0.3 is 5.32 Å². The molecule has 0 amide bonds. The highest BCUT2D eigenvalue weighted by Crippen LogP contribution is 2.31. The van der Waals surface area contributed by atoms with E-state index in [1.54, 1.807) is 6.07 Å². The summed E-state index contributed by atoms with van der Waals surface area (Å²) in [5.74, 6) is -0.255. The van der Waals surface area contributed by atoms with Crippen LogP contribution in [-0.4, -0.2) is 30.1 Å². The molecule has 3 rings (SSSR count). The molecule has 21 heavy (non-hydrogen) atoms. The number of nitrogens with zero attached hydrogens (tertiary/aromatic N) is 1. The van der Waals surface area contributed by atoms with E-state index in [4.69, 9.17) is 11.6 Å². The molecule has 1 saturated carbocycles. The van der Waals surface area contributed by atoms with Crippen LogP contribution in [0.15, 0.2) is 18.2 Å². The molecule has 0 atom stereocenters. The molecule has 0 radical (unpaired) electrons. The summed E-state index contributed by atoms with van der Waals surface area (Å²) < 4.78 is 14.1. The number of nitrogens with one attached hydrogen (secondary N) is 1. The molecule has 2 nitrogen and oxygen atoms in total. The van der Waals surface area contributed by atoms with Crippen molar-refractivity contribution in [2.75, 3.05) is 19.6 Å². The second-order valence-electron chi connectivity index (χ2n) is 6.54. The van der Waals surface area contributed by atoms with Crippen molar-refractivity contribution in [3.05, 3.63) is 34.6 Å². The summed E-state index contributed by atoms with van der Waals surface area (Å²) in [4.78, 5) is 2.40. The van der Waals surface area contributed by atoms with Crippen molar-refractivity contribution in [2.24, 2.45) is 0 Å². The third kappa shape index (κ3) is 3.58. The monoisotopic (exact) mass is 310 g/mol. The number of hydrogen-bond donors (Lipinski definition) is 1. The topological polar surface area (TPSA) is 15.3 Å². The third-order valence-corrected chi connectivity index (χ3v) is 5.21. The van der Waals surface area contributed by atoms with Gasteiger partial charge in [0.15, 0.2) is 0 Å². The summed E-state index contributed by atoms with van der Waals surface area (Å²) in [6.45, 7) is 3.80. The molecule has 1 N–H and O–H groups in total. The van der Waals surface area contributed by atoms with Gasteiger partial charge in [0.05, 0.1) is 5.02 Å². The summed E-state index contributed by atoms with van der Waals surface area (Å²) in [6, 6.07) is 5.31. The summed E-state index contributed by atoms with van der Waals surface area (Å²) >= 11 is 5.90. The van der Waals surface area contributed by atoms with Crippen LogP contribution in [0, 0.1) is 5.82 Å². The quantitative estimate of drug-likeness (QED) is 0.889. The molecule has 1 spiro atoms. The van der Waals surface area contributed by atoms with E-state index in [1.165, 1.54) is 32.1 Å². The molecule has 1 aliphatic carbocycles.